The molecule has 2 rings (SSSR count). The van der Waals surface area contributed by atoms with Crippen molar-refractivity contribution in [1.82, 2.24) is 0 Å². The second-order valence-electron chi connectivity index (χ2n) is 3.31. The third kappa shape index (κ3) is 2.07. The SMILES string of the molecule is Oc1cccc(O)[n+]1Cc1ccccc1. The zero-order valence-corrected chi connectivity index (χ0v) is 8.17. The number of hydrogen-bond acceptors (Lipinski definition) is 2. The van der Waals surface area contributed by atoms with Gasteiger partial charge in [-0.25, -0.2) is 0 Å². The quantitative estimate of drug-likeness (QED) is 0.724. The van der Waals surface area contributed by atoms with Gasteiger partial charge in [0.15, 0.2) is 6.54 Å². The number of nitrogens with zero attached hydrogens (tertiary/aromatic N) is 1. The molecule has 0 aliphatic carbocycles. The van der Waals surface area contributed by atoms with Crippen LogP contribution >= 0.6 is 0 Å². The van der Waals surface area contributed by atoms with Gasteiger partial charge < -0.3 is 10.2 Å². The van der Waals surface area contributed by atoms with E-state index in [0.717, 1.165) is 5.56 Å². The van der Waals surface area contributed by atoms with Crippen molar-refractivity contribution in [3.05, 3.63) is 54.1 Å². The van der Waals surface area contributed by atoms with Gasteiger partial charge in [0.25, 0.3) is 0 Å². The molecule has 3 nitrogen and oxygen atoms in total. The van der Waals surface area contributed by atoms with Crippen LogP contribution in [0.25, 0.3) is 0 Å². The lowest BCUT2D eigenvalue weighted by atomic mass is 10.2. The summed E-state index contributed by atoms with van der Waals surface area (Å²) in [6.07, 6.45) is 0. The molecule has 0 aliphatic heterocycles. The van der Waals surface area contributed by atoms with E-state index in [1.807, 2.05) is 30.3 Å². The number of rotatable bonds is 2. The summed E-state index contributed by atoms with van der Waals surface area (Å²) in [6.45, 7) is 0.458. The van der Waals surface area contributed by atoms with Gasteiger partial charge in [-0.15, -0.1) is 4.57 Å². The number of pyridine rings is 1. The van der Waals surface area contributed by atoms with Crippen molar-refractivity contribution in [1.29, 1.82) is 0 Å². The zero-order chi connectivity index (χ0) is 10.7. The Morgan fingerprint density at radius 2 is 1.40 bits per heavy atom. The first-order valence-electron chi connectivity index (χ1n) is 4.72. The van der Waals surface area contributed by atoms with E-state index >= 15 is 0 Å². The van der Waals surface area contributed by atoms with Crippen LogP contribution in [0.3, 0.4) is 0 Å². The number of benzene rings is 1. The molecule has 0 amide bonds. The molecule has 0 radical (unpaired) electrons. The molecule has 3 heteroatoms. The van der Waals surface area contributed by atoms with Crippen LogP contribution in [0.4, 0.5) is 0 Å². The zero-order valence-electron chi connectivity index (χ0n) is 8.17. The number of hydrogen-bond donors (Lipinski definition) is 2. The Morgan fingerprint density at radius 1 is 0.800 bits per heavy atom. The van der Waals surface area contributed by atoms with Crippen molar-refractivity contribution < 1.29 is 14.8 Å². The summed E-state index contributed by atoms with van der Waals surface area (Å²) >= 11 is 0. The molecule has 0 bridgehead atoms. The second-order valence-corrected chi connectivity index (χ2v) is 3.31. The Labute approximate surface area is 87.9 Å². The molecule has 0 saturated heterocycles. The smallest absolute Gasteiger partial charge is 0.368 e. The molecule has 0 aliphatic rings. The van der Waals surface area contributed by atoms with E-state index in [0.29, 0.717) is 6.54 Å². The van der Waals surface area contributed by atoms with Gasteiger partial charge in [0.2, 0.25) is 0 Å². The first kappa shape index (κ1) is 9.52. The van der Waals surface area contributed by atoms with Gasteiger partial charge in [0, 0.05) is 5.56 Å². The van der Waals surface area contributed by atoms with Gasteiger partial charge >= 0.3 is 11.8 Å². The van der Waals surface area contributed by atoms with E-state index in [-0.39, 0.29) is 11.8 Å². The standard InChI is InChI=1S/C12H11NO2/c14-11-7-4-8-12(15)13(11)9-10-5-2-1-3-6-10/h1-8H,9H2,(H,14,15)/p+1. The van der Waals surface area contributed by atoms with Gasteiger partial charge in [-0.05, 0) is 6.07 Å². The molecule has 0 unspecified atom stereocenters. The molecule has 0 fully saturated rings. The van der Waals surface area contributed by atoms with Gasteiger partial charge in [0.1, 0.15) is 0 Å². The van der Waals surface area contributed by atoms with E-state index in [4.69, 9.17) is 0 Å². The Balaban J connectivity index is 2.32. The van der Waals surface area contributed by atoms with E-state index in [1.54, 1.807) is 18.2 Å². The van der Waals surface area contributed by atoms with Crippen LogP contribution in [0.2, 0.25) is 0 Å². The monoisotopic (exact) mass is 202 g/mol. The van der Waals surface area contributed by atoms with E-state index in [2.05, 4.69) is 0 Å². The maximum absolute atomic E-state index is 9.56. The average Bonchev–Trinajstić information content (AvgIpc) is 2.25. The predicted molar refractivity (Wildman–Crippen MR) is 55.5 cm³/mol. The first-order chi connectivity index (χ1) is 7.27. The fourth-order valence-electron chi connectivity index (χ4n) is 1.45. The molecule has 0 spiro atoms. The third-order valence-electron chi connectivity index (χ3n) is 2.23. The lowest BCUT2D eigenvalue weighted by Gasteiger charge is -2.00. The molecule has 2 aromatic rings. The molecular weight excluding hydrogens is 190 g/mol. The van der Waals surface area contributed by atoms with Crippen molar-refractivity contribution in [2.75, 3.05) is 0 Å². The topological polar surface area (TPSA) is 44.3 Å². The lowest BCUT2D eigenvalue weighted by molar-refractivity contribution is -0.699. The second kappa shape index (κ2) is 4.00. The average molecular weight is 202 g/mol. The maximum Gasteiger partial charge on any atom is 0.368 e. The van der Waals surface area contributed by atoms with Crippen LogP contribution in [0, 0.1) is 0 Å². The Hall–Kier alpha value is -2.03. The van der Waals surface area contributed by atoms with E-state index < -0.39 is 0 Å². The van der Waals surface area contributed by atoms with Crippen molar-refractivity contribution in [2.45, 2.75) is 6.54 Å². The minimum atomic E-state index is 0.0545. The molecule has 76 valence electrons. The molecule has 1 aromatic carbocycles. The summed E-state index contributed by atoms with van der Waals surface area (Å²) in [6, 6.07) is 14.4. The minimum Gasteiger partial charge on any atom is -0.460 e. The molecule has 15 heavy (non-hydrogen) atoms. The fourth-order valence-corrected chi connectivity index (χ4v) is 1.45. The van der Waals surface area contributed by atoms with Crippen molar-refractivity contribution in [2.24, 2.45) is 0 Å². The van der Waals surface area contributed by atoms with Crippen LogP contribution in [0.15, 0.2) is 48.5 Å². The van der Waals surface area contributed by atoms with E-state index in [1.165, 1.54) is 4.57 Å². The van der Waals surface area contributed by atoms with Crippen molar-refractivity contribution in [3.63, 3.8) is 0 Å². The first-order valence-corrected chi connectivity index (χ1v) is 4.72. The summed E-state index contributed by atoms with van der Waals surface area (Å²) in [5.41, 5.74) is 1.03. The largest absolute Gasteiger partial charge is 0.460 e. The number of aromatic nitrogens is 1. The highest BCUT2D eigenvalue weighted by molar-refractivity contribution is 5.15. The Kier molecular flexibility index (Phi) is 2.54. The van der Waals surface area contributed by atoms with Crippen LogP contribution in [0.1, 0.15) is 5.56 Å². The minimum absolute atomic E-state index is 0.0545. The van der Waals surface area contributed by atoms with Crippen LogP contribution < -0.4 is 4.57 Å². The normalized spacial score (nSPS) is 10.1. The summed E-state index contributed by atoms with van der Waals surface area (Å²) < 4.78 is 1.44. The molecule has 0 atom stereocenters. The van der Waals surface area contributed by atoms with Crippen molar-refractivity contribution in [3.8, 4) is 11.8 Å². The highest BCUT2D eigenvalue weighted by Crippen LogP contribution is 2.09. The van der Waals surface area contributed by atoms with Crippen LogP contribution in [-0.2, 0) is 6.54 Å². The van der Waals surface area contributed by atoms with Gasteiger partial charge in [0.05, 0.1) is 12.1 Å². The Bertz CT molecular complexity index is 434. The molecule has 2 N–H and O–H groups in total. The maximum atomic E-state index is 9.56. The highest BCUT2D eigenvalue weighted by atomic mass is 16.3. The lowest BCUT2D eigenvalue weighted by Crippen LogP contribution is -2.34. The van der Waals surface area contributed by atoms with E-state index in [9.17, 15) is 10.2 Å². The molecule has 0 saturated carbocycles. The fraction of sp³-hybridized carbons (Fsp3) is 0.0833. The predicted octanol–water partition coefficient (Wildman–Crippen LogP) is 1.43. The Morgan fingerprint density at radius 3 is 2.00 bits per heavy atom. The van der Waals surface area contributed by atoms with Gasteiger partial charge in [-0.2, -0.15) is 0 Å². The summed E-state index contributed by atoms with van der Waals surface area (Å²) in [5, 5.41) is 19.1. The highest BCUT2D eigenvalue weighted by Gasteiger charge is 2.14. The summed E-state index contributed by atoms with van der Waals surface area (Å²) in [7, 11) is 0. The van der Waals surface area contributed by atoms with Gasteiger partial charge in [-0.1, -0.05) is 30.3 Å². The van der Waals surface area contributed by atoms with Gasteiger partial charge in [-0.3, -0.25) is 0 Å². The summed E-state index contributed by atoms with van der Waals surface area (Å²) in [5.74, 6) is 0.109. The van der Waals surface area contributed by atoms with Crippen LogP contribution in [-0.4, -0.2) is 10.2 Å². The third-order valence-corrected chi connectivity index (χ3v) is 2.23. The molecule has 1 heterocycles. The molecule has 1 aromatic heterocycles. The summed E-state index contributed by atoms with van der Waals surface area (Å²) in [4.78, 5) is 0. The molecular formula is C12H12NO2+. The van der Waals surface area contributed by atoms with Crippen molar-refractivity contribution >= 4 is 0 Å². The van der Waals surface area contributed by atoms with Crippen LogP contribution in [0.5, 0.6) is 11.8 Å². The number of aromatic hydroxyl groups is 2.